The van der Waals surface area contributed by atoms with Gasteiger partial charge >= 0.3 is 0 Å². The van der Waals surface area contributed by atoms with Crippen LogP contribution in [-0.4, -0.2) is 39.9 Å². The number of carbonyl (C=O) groups is 1. The van der Waals surface area contributed by atoms with Gasteiger partial charge in [-0.05, 0) is 55.2 Å². The second-order valence-corrected chi connectivity index (χ2v) is 6.55. The monoisotopic (exact) mass is 401 g/mol. The van der Waals surface area contributed by atoms with E-state index in [0.29, 0.717) is 54.7 Å². The molecule has 0 radical (unpaired) electrons. The highest BCUT2D eigenvalue weighted by Crippen LogP contribution is 2.29. The predicted molar refractivity (Wildman–Crippen MR) is 114 cm³/mol. The van der Waals surface area contributed by atoms with Crippen LogP contribution in [0, 0.1) is 0 Å². The molecule has 0 bridgehead atoms. The Morgan fingerprint density at radius 3 is 2.14 bits per heavy atom. The van der Waals surface area contributed by atoms with Gasteiger partial charge in [-0.25, -0.2) is 0 Å². The molecule has 0 aromatic heterocycles. The Hall–Kier alpha value is -2.89. The van der Waals surface area contributed by atoms with E-state index in [1.54, 1.807) is 32.4 Å². The van der Waals surface area contributed by atoms with Crippen molar-refractivity contribution in [3.05, 3.63) is 47.5 Å². The number of amides is 1. The van der Waals surface area contributed by atoms with E-state index in [2.05, 4.69) is 5.32 Å². The van der Waals surface area contributed by atoms with Crippen LogP contribution in [0.4, 0.5) is 0 Å². The van der Waals surface area contributed by atoms with Gasteiger partial charge in [0.1, 0.15) is 0 Å². The molecular formula is C23H31NO5. The fourth-order valence-electron chi connectivity index (χ4n) is 2.76. The summed E-state index contributed by atoms with van der Waals surface area (Å²) in [5.74, 6) is 2.49. The van der Waals surface area contributed by atoms with Crippen LogP contribution in [-0.2, 0) is 6.42 Å². The highest BCUT2D eigenvalue weighted by atomic mass is 16.5. The molecular weight excluding hydrogens is 370 g/mol. The number of hydrogen-bond acceptors (Lipinski definition) is 5. The van der Waals surface area contributed by atoms with E-state index >= 15 is 0 Å². The summed E-state index contributed by atoms with van der Waals surface area (Å²) in [6, 6.07) is 11.0. The number of methoxy groups -OCH3 is 2. The minimum absolute atomic E-state index is 0.145. The Bertz CT molecular complexity index is 791. The van der Waals surface area contributed by atoms with Crippen molar-refractivity contribution in [2.24, 2.45) is 0 Å². The van der Waals surface area contributed by atoms with Gasteiger partial charge in [-0.2, -0.15) is 0 Å². The first-order valence-electron chi connectivity index (χ1n) is 10.0. The lowest BCUT2D eigenvalue weighted by Crippen LogP contribution is -2.25. The van der Waals surface area contributed by atoms with Gasteiger partial charge in [-0.3, -0.25) is 4.79 Å². The van der Waals surface area contributed by atoms with Crippen LogP contribution in [0.15, 0.2) is 36.4 Å². The van der Waals surface area contributed by atoms with Gasteiger partial charge in [-0.1, -0.05) is 19.9 Å². The van der Waals surface area contributed by atoms with E-state index in [4.69, 9.17) is 18.9 Å². The summed E-state index contributed by atoms with van der Waals surface area (Å²) in [7, 11) is 3.21. The third kappa shape index (κ3) is 6.59. The van der Waals surface area contributed by atoms with Gasteiger partial charge in [0.2, 0.25) is 0 Å². The zero-order chi connectivity index (χ0) is 21.1. The van der Waals surface area contributed by atoms with Crippen molar-refractivity contribution in [1.82, 2.24) is 5.32 Å². The van der Waals surface area contributed by atoms with Crippen molar-refractivity contribution in [1.29, 1.82) is 0 Å². The van der Waals surface area contributed by atoms with Crippen molar-refractivity contribution in [3.63, 3.8) is 0 Å². The maximum absolute atomic E-state index is 12.6. The maximum Gasteiger partial charge on any atom is 0.251 e. The molecule has 0 aliphatic carbocycles. The molecule has 158 valence electrons. The van der Waals surface area contributed by atoms with Gasteiger partial charge < -0.3 is 24.3 Å². The maximum atomic E-state index is 12.6. The molecule has 6 nitrogen and oxygen atoms in total. The molecule has 0 spiro atoms. The van der Waals surface area contributed by atoms with E-state index in [1.165, 1.54) is 0 Å². The number of nitrogens with one attached hydrogen (secondary N) is 1. The van der Waals surface area contributed by atoms with Crippen LogP contribution in [0.2, 0.25) is 0 Å². The molecule has 0 aliphatic rings. The molecule has 1 amide bonds. The summed E-state index contributed by atoms with van der Waals surface area (Å²) in [6.45, 7) is 5.78. The average molecular weight is 402 g/mol. The molecule has 29 heavy (non-hydrogen) atoms. The zero-order valence-corrected chi connectivity index (χ0v) is 17.7. The highest BCUT2D eigenvalue weighted by Gasteiger charge is 2.12. The quantitative estimate of drug-likeness (QED) is 0.576. The molecule has 2 aromatic carbocycles. The predicted octanol–water partition coefficient (Wildman–Crippen LogP) is 4.25. The molecule has 0 atom stereocenters. The minimum atomic E-state index is -0.145. The zero-order valence-electron chi connectivity index (χ0n) is 17.7. The molecule has 1 N–H and O–H groups in total. The first kappa shape index (κ1) is 22.4. The van der Waals surface area contributed by atoms with Gasteiger partial charge in [0.05, 0.1) is 27.4 Å². The molecule has 0 saturated carbocycles. The molecule has 0 fully saturated rings. The van der Waals surface area contributed by atoms with E-state index in [-0.39, 0.29) is 5.91 Å². The van der Waals surface area contributed by atoms with Crippen LogP contribution < -0.4 is 24.3 Å². The second kappa shape index (κ2) is 11.8. The normalized spacial score (nSPS) is 10.3. The van der Waals surface area contributed by atoms with Crippen LogP contribution in [0.3, 0.4) is 0 Å². The Morgan fingerprint density at radius 2 is 1.48 bits per heavy atom. The summed E-state index contributed by atoms with van der Waals surface area (Å²) >= 11 is 0. The lowest BCUT2D eigenvalue weighted by atomic mass is 10.1. The van der Waals surface area contributed by atoms with Crippen molar-refractivity contribution >= 4 is 5.91 Å². The van der Waals surface area contributed by atoms with Crippen LogP contribution >= 0.6 is 0 Å². The number of hydrogen-bond donors (Lipinski definition) is 1. The summed E-state index contributed by atoms with van der Waals surface area (Å²) < 4.78 is 22.1. The van der Waals surface area contributed by atoms with Crippen molar-refractivity contribution in [2.75, 3.05) is 34.0 Å². The topological polar surface area (TPSA) is 66.0 Å². The SMILES string of the molecule is CCCOc1ccc(C(=O)NCCc2ccc(OC)c(OC)c2)cc1OCCC. The Morgan fingerprint density at radius 1 is 0.828 bits per heavy atom. The van der Waals surface area contributed by atoms with Crippen LogP contribution in [0.25, 0.3) is 0 Å². The molecule has 0 aliphatic heterocycles. The smallest absolute Gasteiger partial charge is 0.251 e. The van der Waals surface area contributed by atoms with Gasteiger partial charge in [0, 0.05) is 12.1 Å². The Kier molecular flexibility index (Phi) is 9.15. The standard InChI is InChI=1S/C23H31NO5/c1-5-13-28-20-10-8-18(16-22(20)29-14-6-2)23(25)24-12-11-17-7-9-19(26-3)21(15-17)27-4/h7-10,15-16H,5-6,11-14H2,1-4H3,(H,24,25). The number of rotatable bonds is 12. The second-order valence-electron chi connectivity index (χ2n) is 6.55. The molecule has 6 heteroatoms. The van der Waals surface area contributed by atoms with Crippen molar-refractivity contribution in [3.8, 4) is 23.0 Å². The molecule has 0 saturated heterocycles. The van der Waals surface area contributed by atoms with Crippen LogP contribution in [0.1, 0.15) is 42.6 Å². The van der Waals surface area contributed by atoms with E-state index in [1.807, 2.05) is 32.0 Å². The summed E-state index contributed by atoms with van der Waals surface area (Å²) in [5.41, 5.74) is 1.60. The lowest BCUT2D eigenvalue weighted by molar-refractivity contribution is 0.0953. The van der Waals surface area contributed by atoms with Crippen molar-refractivity contribution in [2.45, 2.75) is 33.1 Å². The van der Waals surface area contributed by atoms with E-state index in [0.717, 1.165) is 18.4 Å². The van der Waals surface area contributed by atoms with Gasteiger partial charge in [-0.15, -0.1) is 0 Å². The van der Waals surface area contributed by atoms with Gasteiger partial charge in [0.25, 0.3) is 5.91 Å². The van der Waals surface area contributed by atoms with E-state index < -0.39 is 0 Å². The number of ether oxygens (including phenoxy) is 4. The highest BCUT2D eigenvalue weighted by molar-refractivity contribution is 5.94. The molecule has 2 rings (SSSR count). The Labute approximate surface area is 173 Å². The van der Waals surface area contributed by atoms with Gasteiger partial charge in [0.15, 0.2) is 23.0 Å². The first-order chi connectivity index (χ1) is 14.1. The fourth-order valence-corrected chi connectivity index (χ4v) is 2.76. The van der Waals surface area contributed by atoms with E-state index in [9.17, 15) is 4.79 Å². The third-order valence-electron chi connectivity index (χ3n) is 4.28. The Balaban J connectivity index is 1.99. The summed E-state index contributed by atoms with van der Waals surface area (Å²) in [6.07, 6.45) is 2.48. The van der Waals surface area contributed by atoms with Crippen molar-refractivity contribution < 1.29 is 23.7 Å². The molecule has 0 unspecified atom stereocenters. The number of carbonyl (C=O) groups excluding carboxylic acids is 1. The largest absolute Gasteiger partial charge is 0.493 e. The minimum Gasteiger partial charge on any atom is -0.493 e. The van der Waals surface area contributed by atoms with Crippen LogP contribution in [0.5, 0.6) is 23.0 Å². The molecule has 2 aromatic rings. The molecule has 0 heterocycles. The lowest BCUT2D eigenvalue weighted by Gasteiger charge is -2.14. The number of benzene rings is 2. The average Bonchev–Trinajstić information content (AvgIpc) is 2.76. The third-order valence-corrected chi connectivity index (χ3v) is 4.28. The first-order valence-corrected chi connectivity index (χ1v) is 10.0. The summed E-state index contributed by atoms with van der Waals surface area (Å²) in [5, 5.41) is 2.95. The summed E-state index contributed by atoms with van der Waals surface area (Å²) in [4.78, 5) is 12.6. The fraction of sp³-hybridized carbons (Fsp3) is 0.435.